The van der Waals surface area contributed by atoms with Gasteiger partial charge in [-0.05, 0) is 24.8 Å². The molecule has 20 heavy (non-hydrogen) atoms. The number of nitrogens with one attached hydrogen (secondary N) is 1. The van der Waals surface area contributed by atoms with Crippen LogP contribution in [0.1, 0.15) is 50.7 Å². The number of aryl methyl sites for hydroxylation is 1. The third-order valence-electron chi connectivity index (χ3n) is 3.49. The van der Waals surface area contributed by atoms with Crippen LogP contribution in [-0.4, -0.2) is 14.8 Å². The van der Waals surface area contributed by atoms with Crippen molar-refractivity contribution in [3.8, 4) is 0 Å². The summed E-state index contributed by atoms with van der Waals surface area (Å²) >= 11 is 0. The highest BCUT2D eigenvalue weighted by atomic mass is 15.3. The average Bonchev–Trinajstić information content (AvgIpc) is 2.85. The Morgan fingerprint density at radius 3 is 2.40 bits per heavy atom. The second kappa shape index (κ2) is 6.66. The molecule has 1 aromatic heterocycles. The molecule has 0 aliphatic carbocycles. The molecule has 2 atom stereocenters. The zero-order valence-electron chi connectivity index (χ0n) is 12.7. The summed E-state index contributed by atoms with van der Waals surface area (Å²) in [4.78, 5) is 0. The lowest BCUT2D eigenvalue weighted by Crippen LogP contribution is -2.27. The topological polar surface area (TPSA) is 42.7 Å². The van der Waals surface area contributed by atoms with E-state index >= 15 is 0 Å². The maximum Gasteiger partial charge on any atom is 0.149 e. The summed E-state index contributed by atoms with van der Waals surface area (Å²) in [6.45, 7) is 6.65. The lowest BCUT2D eigenvalue weighted by Gasteiger charge is -2.25. The summed E-state index contributed by atoms with van der Waals surface area (Å²) in [5, 5.41) is 11.8. The molecule has 4 nitrogen and oxygen atoms in total. The van der Waals surface area contributed by atoms with Crippen molar-refractivity contribution in [3.05, 3.63) is 48.0 Å². The third kappa shape index (κ3) is 3.67. The van der Waals surface area contributed by atoms with Gasteiger partial charge in [0.25, 0.3) is 0 Å². The minimum absolute atomic E-state index is 0.173. The first-order valence-electron chi connectivity index (χ1n) is 7.22. The van der Waals surface area contributed by atoms with Crippen LogP contribution in [0.25, 0.3) is 0 Å². The zero-order chi connectivity index (χ0) is 14.5. The van der Waals surface area contributed by atoms with Crippen molar-refractivity contribution in [2.45, 2.75) is 39.3 Å². The summed E-state index contributed by atoms with van der Waals surface area (Å²) in [6, 6.07) is 11.1. The van der Waals surface area contributed by atoms with E-state index in [-0.39, 0.29) is 6.04 Å². The predicted octanol–water partition coefficient (Wildman–Crippen LogP) is 3.25. The van der Waals surface area contributed by atoms with Crippen molar-refractivity contribution in [2.24, 2.45) is 13.0 Å². The van der Waals surface area contributed by atoms with Crippen molar-refractivity contribution < 1.29 is 0 Å². The van der Waals surface area contributed by atoms with E-state index in [1.165, 1.54) is 5.56 Å². The first-order chi connectivity index (χ1) is 9.58. The van der Waals surface area contributed by atoms with Crippen LogP contribution >= 0.6 is 0 Å². The minimum atomic E-state index is 0.173. The van der Waals surface area contributed by atoms with E-state index in [0.29, 0.717) is 12.0 Å². The predicted molar refractivity (Wildman–Crippen MR) is 81.2 cm³/mol. The number of hydrogen-bond acceptors (Lipinski definition) is 3. The number of aromatic nitrogens is 3. The maximum absolute atomic E-state index is 4.19. The third-order valence-corrected chi connectivity index (χ3v) is 3.49. The summed E-state index contributed by atoms with van der Waals surface area (Å²) < 4.78 is 1.97. The highest BCUT2D eigenvalue weighted by molar-refractivity contribution is 5.19. The van der Waals surface area contributed by atoms with Gasteiger partial charge in [-0.2, -0.15) is 0 Å². The molecule has 0 saturated heterocycles. The molecule has 0 aliphatic rings. The Labute approximate surface area is 121 Å². The van der Waals surface area contributed by atoms with E-state index in [2.05, 4.69) is 66.6 Å². The normalized spacial score (nSPS) is 14.4. The second-order valence-electron chi connectivity index (χ2n) is 5.78. The van der Waals surface area contributed by atoms with Gasteiger partial charge in [-0.3, -0.25) is 0 Å². The van der Waals surface area contributed by atoms with E-state index < -0.39 is 0 Å². The number of rotatable bonds is 6. The summed E-state index contributed by atoms with van der Waals surface area (Å²) in [6.07, 6.45) is 2.85. The molecular formula is C16H24N4. The van der Waals surface area contributed by atoms with Crippen LogP contribution in [0.5, 0.6) is 0 Å². The van der Waals surface area contributed by atoms with Gasteiger partial charge in [0.15, 0.2) is 0 Å². The fraction of sp³-hybridized carbons (Fsp3) is 0.500. The van der Waals surface area contributed by atoms with Gasteiger partial charge < -0.3 is 9.88 Å². The quantitative estimate of drug-likeness (QED) is 0.877. The minimum Gasteiger partial charge on any atom is -0.319 e. The molecular weight excluding hydrogens is 248 g/mol. The van der Waals surface area contributed by atoms with Gasteiger partial charge in [-0.1, -0.05) is 44.2 Å². The zero-order valence-corrected chi connectivity index (χ0v) is 12.7. The standard InChI is InChI=1S/C16H24N4/c1-12(2)10-15(14-8-6-5-7-9-14)18-13(3)16-19-17-11-20(16)4/h5-9,11-13,15,18H,10H2,1-4H3. The largest absolute Gasteiger partial charge is 0.319 e. The Morgan fingerprint density at radius 2 is 1.85 bits per heavy atom. The second-order valence-corrected chi connectivity index (χ2v) is 5.78. The molecule has 1 aromatic carbocycles. The first-order valence-corrected chi connectivity index (χ1v) is 7.22. The molecule has 0 amide bonds. The molecule has 0 saturated carbocycles. The Morgan fingerprint density at radius 1 is 1.15 bits per heavy atom. The molecule has 0 radical (unpaired) electrons. The van der Waals surface area contributed by atoms with Crippen LogP contribution < -0.4 is 5.32 Å². The summed E-state index contributed by atoms with van der Waals surface area (Å²) in [5.41, 5.74) is 1.33. The Balaban J connectivity index is 2.14. The van der Waals surface area contributed by atoms with Crippen LogP contribution in [0.15, 0.2) is 36.7 Å². The highest BCUT2D eigenvalue weighted by Gasteiger charge is 2.19. The number of nitrogens with zero attached hydrogens (tertiary/aromatic N) is 3. The fourth-order valence-electron chi connectivity index (χ4n) is 2.52. The molecule has 0 spiro atoms. The van der Waals surface area contributed by atoms with Crippen molar-refractivity contribution in [1.82, 2.24) is 20.1 Å². The summed E-state index contributed by atoms with van der Waals surface area (Å²) in [7, 11) is 1.98. The van der Waals surface area contributed by atoms with Crippen molar-refractivity contribution >= 4 is 0 Å². The molecule has 1 heterocycles. The maximum atomic E-state index is 4.19. The molecule has 108 valence electrons. The van der Waals surface area contributed by atoms with E-state index in [4.69, 9.17) is 0 Å². The van der Waals surface area contributed by atoms with Gasteiger partial charge in [0.1, 0.15) is 12.2 Å². The molecule has 2 unspecified atom stereocenters. The van der Waals surface area contributed by atoms with Gasteiger partial charge in [-0.25, -0.2) is 0 Å². The fourth-order valence-corrected chi connectivity index (χ4v) is 2.52. The lowest BCUT2D eigenvalue weighted by atomic mass is 9.96. The van der Waals surface area contributed by atoms with E-state index in [1.54, 1.807) is 6.33 Å². The molecule has 0 bridgehead atoms. The summed E-state index contributed by atoms with van der Waals surface area (Å²) in [5.74, 6) is 1.61. The van der Waals surface area contributed by atoms with E-state index in [0.717, 1.165) is 12.2 Å². The van der Waals surface area contributed by atoms with Gasteiger partial charge in [0, 0.05) is 13.1 Å². The monoisotopic (exact) mass is 272 g/mol. The molecule has 2 rings (SSSR count). The van der Waals surface area contributed by atoms with Crippen LogP contribution in [0.4, 0.5) is 0 Å². The highest BCUT2D eigenvalue weighted by Crippen LogP contribution is 2.24. The number of hydrogen-bond donors (Lipinski definition) is 1. The van der Waals surface area contributed by atoms with Crippen LogP contribution in [0.2, 0.25) is 0 Å². The van der Waals surface area contributed by atoms with Gasteiger partial charge >= 0.3 is 0 Å². The van der Waals surface area contributed by atoms with Gasteiger partial charge in [0.2, 0.25) is 0 Å². The Hall–Kier alpha value is -1.68. The van der Waals surface area contributed by atoms with E-state index in [9.17, 15) is 0 Å². The smallest absolute Gasteiger partial charge is 0.149 e. The average molecular weight is 272 g/mol. The molecule has 4 heteroatoms. The van der Waals surface area contributed by atoms with Gasteiger partial charge in [-0.15, -0.1) is 10.2 Å². The van der Waals surface area contributed by atoms with Gasteiger partial charge in [0.05, 0.1) is 6.04 Å². The van der Waals surface area contributed by atoms with Crippen molar-refractivity contribution in [3.63, 3.8) is 0 Å². The Kier molecular flexibility index (Phi) is 4.90. The van der Waals surface area contributed by atoms with E-state index in [1.807, 2.05) is 11.6 Å². The molecule has 0 aliphatic heterocycles. The first kappa shape index (κ1) is 14.7. The number of benzene rings is 1. The SMILES string of the molecule is CC(C)CC(NC(C)c1nncn1C)c1ccccc1. The van der Waals surface area contributed by atoms with Crippen LogP contribution in [0, 0.1) is 5.92 Å². The van der Waals surface area contributed by atoms with Crippen LogP contribution in [-0.2, 0) is 7.05 Å². The Bertz CT molecular complexity index is 518. The molecule has 1 N–H and O–H groups in total. The van der Waals surface area contributed by atoms with Crippen molar-refractivity contribution in [1.29, 1.82) is 0 Å². The lowest BCUT2D eigenvalue weighted by molar-refractivity contribution is 0.382. The van der Waals surface area contributed by atoms with Crippen LogP contribution in [0.3, 0.4) is 0 Å². The van der Waals surface area contributed by atoms with Crippen molar-refractivity contribution in [2.75, 3.05) is 0 Å². The molecule has 2 aromatic rings. The molecule has 0 fully saturated rings.